The SMILES string of the molecule is CCO[C@H]1COC[C@@H]1NC(=O)c1sc2nc(C)[nH]c(=O)c2c1C. The number of rotatable bonds is 4. The summed E-state index contributed by atoms with van der Waals surface area (Å²) in [5.74, 6) is 0.319. The lowest BCUT2D eigenvalue weighted by Crippen LogP contribution is -2.43. The maximum Gasteiger partial charge on any atom is 0.262 e. The van der Waals surface area contributed by atoms with Crippen LogP contribution in [0.2, 0.25) is 0 Å². The van der Waals surface area contributed by atoms with E-state index in [9.17, 15) is 9.59 Å². The van der Waals surface area contributed by atoms with E-state index in [1.54, 1.807) is 13.8 Å². The number of aromatic nitrogens is 2. The number of aromatic amines is 1. The molecule has 3 rings (SSSR count). The van der Waals surface area contributed by atoms with Gasteiger partial charge in [0.25, 0.3) is 11.5 Å². The van der Waals surface area contributed by atoms with Gasteiger partial charge in [0.15, 0.2) is 0 Å². The monoisotopic (exact) mass is 337 g/mol. The number of carbonyl (C=O) groups is 1. The van der Waals surface area contributed by atoms with E-state index in [0.29, 0.717) is 46.3 Å². The van der Waals surface area contributed by atoms with Gasteiger partial charge in [0.05, 0.1) is 29.5 Å². The number of ether oxygens (including phenoxy) is 2. The minimum Gasteiger partial charge on any atom is -0.376 e. The molecule has 0 spiro atoms. The van der Waals surface area contributed by atoms with Crippen molar-refractivity contribution in [3.63, 3.8) is 0 Å². The fraction of sp³-hybridized carbons (Fsp3) is 0.533. The minimum atomic E-state index is -0.220. The first-order valence-electron chi connectivity index (χ1n) is 7.51. The molecule has 0 radical (unpaired) electrons. The minimum absolute atomic E-state index is 0.137. The van der Waals surface area contributed by atoms with Crippen LogP contribution in [0, 0.1) is 13.8 Å². The zero-order valence-electron chi connectivity index (χ0n) is 13.3. The number of hydrogen-bond donors (Lipinski definition) is 2. The molecule has 1 fully saturated rings. The number of amides is 1. The molecule has 1 saturated heterocycles. The Labute approximate surface area is 137 Å². The second-order valence-corrected chi connectivity index (χ2v) is 6.50. The van der Waals surface area contributed by atoms with E-state index in [4.69, 9.17) is 9.47 Å². The first kappa shape index (κ1) is 16.1. The van der Waals surface area contributed by atoms with Crippen molar-refractivity contribution in [1.82, 2.24) is 15.3 Å². The van der Waals surface area contributed by atoms with Gasteiger partial charge in [-0.2, -0.15) is 0 Å². The topological polar surface area (TPSA) is 93.3 Å². The summed E-state index contributed by atoms with van der Waals surface area (Å²) in [5, 5.41) is 3.43. The number of thiophene rings is 1. The van der Waals surface area contributed by atoms with E-state index in [-0.39, 0.29) is 23.6 Å². The molecule has 2 N–H and O–H groups in total. The summed E-state index contributed by atoms with van der Waals surface area (Å²) < 4.78 is 11.0. The molecular weight excluding hydrogens is 318 g/mol. The molecule has 0 aliphatic carbocycles. The zero-order valence-corrected chi connectivity index (χ0v) is 14.1. The molecule has 0 saturated carbocycles. The molecule has 0 aromatic carbocycles. The third kappa shape index (κ3) is 3.01. The zero-order chi connectivity index (χ0) is 16.6. The standard InChI is InChI=1S/C15H19N3O4S/c1-4-22-10-6-21-5-9(10)18-14(20)12-7(2)11-13(19)16-8(3)17-15(11)23-12/h9-10H,4-6H2,1-3H3,(H,18,20)(H,16,17,19)/t9-,10-/m0/s1. The van der Waals surface area contributed by atoms with Crippen LogP contribution in [0.3, 0.4) is 0 Å². The van der Waals surface area contributed by atoms with E-state index < -0.39 is 0 Å². The summed E-state index contributed by atoms with van der Waals surface area (Å²) in [4.78, 5) is 32.7. The highest BCUT2D eigenvalue weighted by Gasteiger charge is 2.31. The van der Waals surface area contributed by atoms with Crippen molar-refractivity contribution in [3.05, 3.63) is 26.6 Å². The smallest absolute Gasteiger partial charge is 0.262 e. The van der Waals surface area contributed by atoms with Crippen LogP contribution < -0.4 is 10.9 Å². The number of carbonyl (C=O) groups excluding carboxylic acids is 1. The molecule has 1 aliphatic rings. The van der Waals surface area contributed by atoms with Crippen LogP contribution in [0.1, 0.15) is 28.0 Å². The molecule has 2 aromatic heterocycles. The van der Waals surface area contributed by atoms with Gasteiger partial charge in [0.2, 0.25) is 0 Å². The van der Waals surface area contributed by atoms with Gasteiger partial charge in [0.1, 0.15) is 16.8 Å². The molecule has 1 aliphatic heterocycles. The second kappa shape index (κ2) is 6.38. The van der Waals surface area contributed by atoms with Crippen LogP contribution >= 0.6 is 11.3 Å². The number of aryl methyl sites for hydroxylation is 2. The van der Waals surface area contributed by atoms with Gasteiger partial charge >= 0.3 is 0 Å². The molecule has 1 amide bonds. The third-order valence-corrected chi connectivity index (χ3v) is 5.04. The summed E-state index contributed by atoms with van der Waals surface area (Å²) in [6, 6.07) is -0.181. The molecule has 23 heavy (non-hydrogen) atoms. The van der Waals surface area contributed by atoms with E-state index >= 15 is 0 Å². The summed E-state index contributed by atoms with van der Waals surface area (Å²) in [6.45, 7) is 6.88. The highest BCUT2D eigenvalue weighted by Crippen LogP contribution is 2.27. The molecule has 7 nitrogen and oxygen atoms in total. The molecule has 0 unspecified atom stereocenters. The van der Waals surface area contributed by atoms with Crippen LogP contribution in [0.5, 0.6) is 0 Å². The Morgan fingerprint density at radius 1 is 1.48 bits per heavy atom. The summed E-state index contributed by atoms with van der Waals surface area (Å²) in [7, 11) is 0. The quantitative estimate of drug-likeness (QED) is 0.872. The Bertz CT molecular complexity index is 798. The van der Waals surface area contributed by atoms with E-state index in [1.165, 1.54) is 11.3 Å². The predicted octanol–water partition coefficient (Wildman–Crippen LogP) is 1.14. The Kier molecular flexibility index (Phi) is 4.47. The number of H-pyrrole nitrogens is 1. The lowest BCUT2D eigenvalue weighted by molar-refractivity contribution is 0.0403. The van der Waals surface area contributed by atoms with Crippen LogP contribution in [-0.4, -0.2) is 47.8 Å². The van der Waals surface area contributed by atoms with Gasteiger partial charge in [0, 0.05) is 6.61 Å². The predicted molar refractivity (Wildman–Crippen MR) is 87.2 cm³/mol. The Balaban J connectivity index is 1.88. The first-order chi connectivity index (χ1) is 11.0. The lowest BCUT2D eigenvalue weighted by Gasteiger charge is -2.18. The van der Waals surface area contributed by atoms with Crippen molar-refractivity contribution in [3.8, 4) is 0 Å². The normalized spacial score (nSPS) is 21.0. The van der Waals surface area contributed by atoms with Crippen molar-refractivity contribution >= 4 is 27.5 Å². The molecule has 0 bridgehead atoms. The molecule has 124 valence electrons. The van der Waals surface area contributed by atoms with Gasteiger partial charge in [-0.05, 0) is 26.3 Å². The van der Waals surface area contributed by atoms with Gasteiger partial charge in [-0.25, -0.2) is 4.98 Å². The largest absolute Gasteiger partial charge is 0.376 e. The van der Waals surface area contributed by atoms with Crippen molar-refractivity contribution in [1.29, 1.82) is 0 Å². The van der Waals surface area contributed by atoms with Crippen LogP contribution in [0.25, 0.3) is 10.2 Å². The fourth-order valence-corrected chi connectivity index (χ4v) is 3.88. The summed E-state index contributed by atoms with van der Waals surface area (Å²) >= 11 is 1.23. The number of nitrogens with zero attached hydrogens (tertiary/aromatic N) is 1. The molecule has 2 aromatic rings. The van der Waals surface area contributed by atoms with Crippen molar-refractivity contribution in [2.45, 2.75) is 32.9 Å². The molecule has 8 heteroatoms. The fourth-order valence-electron chi connectivity index (χ4n) is 2.75. The Morgan fingerprint density at radius 3 is 3.00 bits per heavy atom. The van der Waals surface area contributed by atoms with Gasteiger partial charge < -0.3 is 19.8 Å². The first-order valence-corrected chi connectivity index (χ1v) is 8.33. The Morgan fingerprint density at radius 2 is 2.26 bits per heavy atom. The average molecular weight is 337 g/mol. The maximum absolute atomic E-state index is 12.6. The number of nitrogens with one attached hydrogen (secondary N) is 2. The average Bonchev–Trinajstić information content (AvgIpc) is 3.04. The maximum atomic E-state index is 12.6. The summed E-state index contributed by atoms with van der Waals surface area (Å²) in [5.41, 5.74) is 0.444. The van der Waals surface area contributed by atoms with Gasteiger partial charge in [-0.3, -0.25) is 9.59 Å². The van der Waals surface area contributed by atoms with Crippen LogP contribution in [0.15, 0.2) is 4.79 Å². The van der Waals surface area contributed by atoms with Crippen molar-refractivity contribution < 1.29 is 14.3 Å². The molecule has 3 heterocycles. The van der Waals surface area contributed by atoms with Crippen LogP contribution in [0.4, 0.5) is 0 Å². The number of fused-ring (bicyclic) bond motifs is 1. The molecule has 2 atom stereocenters. The van der Waals surface area contributed by atoms with E-state index in [1.807, 2.05) is 6.92 Å². The molecular formula is C15H19N3O4S. The third-order valence-electron chi connectivity index (χ3n) is 3.85. The van der Waals surface area contributed by atoms with Crippen molar-refractivity contribution in [2.24, 2.45) is 0 Å². The highest BCUT2D eigenvalue weighted by molar-refractivity contribution is 7.20. The Hall–Kier alpha value is -1.77. The second-order valence-electron chi connectivity index (χ2n) is 5.50. The van der Waals surface area contributed by atoms with Crippen molar-refractivity contribution in [2.75, 3.05) is 19.8 Å². The van der Waals surface area contributed by atoms with Crippen LogP contribution in [-0.2, 0) is 9.47 Å². The lowest BCUT2D eigenvalue weighted by atomic mass is 10.1. The highest BCUT2D eigenvalue weighted by atomic mass is 32.1. The van der Waals surface area contributed by atoms with Gasteiger partial charge in [-0.1, -0.05) is 0 Å². The van der Waals surface area contributed by atoms with E-state index in [2.05, 4.69) is 15.3 Å². The summed E-state index contributed by atoms with van der Waals surface area (Å²) in [6.07, 6.45) is -0.137. The number of hydrogen-bond acceptors (Lipinski definition) is 6. The van der Waals surface area contributed by atoms with E-state index in [0.717, 1.165) is 0 Å². The van der Waals surface area contributed by atoms with Gasteiger partial charge in [-0.15, -0.1) is 11.3 Å².